The van der Waals surface area contributed by atoms with Gasteiger partial charge in [0.05, 0.1) is 12.3 Å². The summed E-state index contributed by atoms with van der Waals surface area (Å²) in [5.74, 6) is 0.848. The summed E-state index contributed by atoms with van der Waals surface area (Å²) < 4.78 is 10.9. The maximum atomic E-state index is 12.2. The van der Waals surface area contributed by atoms with Gasteiger partial charge in [0, 0.05) is 6.54 Å². The summed E-state index contributed by atoms with van der Waals surface area (Å²) in [5.41, 5.74) is -0.456. The predicted octanol–water partition coefficient (Wildman–Crippen LogP) is 3.74. The number of hydrogen-bond donors (Lipinski definition) is 0. The molecular weight excluding hydrogens is 230 g/mol. The van der Waals surface area contributed by atoms with Crippen LogP contribution < -0.4 is 0 Å². The summed E-state index contributed by atoms with van der Waals surface area (Å²) in [5, 5.41) is 0. The lowest BCUT2D eigenvalue weighted by Crippen LogP contribution is -2.41. The van der Waals surface area contributed by atoms with E-state index >= 15 is 0 Å². The smallest absolute Gasteiger partial charge is 0.410 e. The Labute approximate surface area is 108 Å². The Balaban J connectivity index is 2.11. The number of likely N-dealkylation sites (tertiary alicyclic amines) is 1. The standard InChI is InChI=1S/C14H21NO3/c1-14(2,3)18-13(16)15-9-5-4-7-11(15)12-8-6-10-17-12/h6,8,10-11H,4-5,7,9H2,1-3H3/t11-/m1/s1. The van der Waals surface area contributed by atoms with Crippen LogP contribution in [0.4, 0.5) is 4.79 Å². The second-order valence-electron chi connectivity index (χ2n) is 5.70. The first-order valence-electron chi connectivity index (χ1n) is 6.50. The SMILES string of the molecule is CC(C)(C)OC(=O)N1CCCC[C@@H]1c1ccco1. The molecule has 18 heavy (non-hydrogen) atoms. The van der Waals surface area contributed by atoms with Crippen LogP contribution >= 0.6 is 0 Å². The van der Waals surface area contributed by atoms with Gasteiger partial charge in [-0.15, -0.1) is 0 Å². The normalized spacial score (nSPS) is 20.8. The fraction of sp³-hybridized carbons (Fsp3) is 0.643. The number of amides is 1. The first-order valence-corrected chi connectivity index (χ1v) is 6.50. The number of furan rings is 1. The number of piperidine rings is 1. The molecule has 0 aliphatic carbocycles. The Morgan fingerprint density at radius 2 is 2.22 bits per heavy atom. The van der Waals surface area contributed by atoms with Crippen molar-refractivity contribution in [1.82, 2.24) is 4.90 Å². The van der Waals surface area contributed by atoms with Crippen molar-refractivity contribution in [2.24, 2.45) is 0 Å². The highest BCUT2D eigenvalue weighted by atomic mass is 16.6. The largest absolute Gasteiger partial charge is 0.467 e. The molecule has 1 aromatic rings. The molecule has 0 spiro atoms. The molecule has 4 heteroatoms. The Hall–Kier alpha value is -1.45. The zero-order valence-corrected chi connectivity index (χ0v) is 11.3. The molecule has 0 unspecified atom stereocenters. The molecule has 1 fully saturated rings. The summed E-state index contributed by atoms with van der Waals surface area (Å²) in [7, 11) is 0. The van der Waals surface area contributed by atoms with E-state index in [1.54, 1.807) is 11.2 Å². The summed E-state index contributed by atoms with van der Waals surface area (Å²) in [6.07, 6.45) is 4.48. The molecule has 1 saturated heterocycles. The number of ether oxygens (including phenoxy) is 1. The number of carbonyl (C=O) groups is 1. The summed E-state index contributed by atoms with van der Waals surface area (Å²) in [6.45, 7) is 6.39. The van der Waals surface area contributed by atoms with Crippen molar-refractivity contribution < 1.29 is 13.9 Å². The topological polar surface area (TPSA) is 42.7 Å². The maximum absolute atomic E-state index is 12.2. The number of rotatable bonds is 1. The quantitative estimate of drug-likeness (QED) is 0.763. The van der Waals surface area contributed by atoms with Crippen LogP contribution in [0.3, 0.4) is 0 Å². The molecule has 1 aliphatic heterocycles. The maximum Gasteiger partial charge on any atom is 0.410 e. The third kappa shape index (κ3) is 3.06. The van der Waals surface area contributed by atoms with E-state index in [1.165, 1.54) is 0 Å². The van der Waals surface area contributed by atoms with E-state index < -0.39 is 5.60 Å². The van der Waals surface area contributed by atoms with Crippen molar-refractivity contribution >= 4 is 6.09 Å². The van der Waals surface area contributed by atoms with Crippen molar-refractivity contribution in [3.8, 4) is 0 Å². The van der Waals surface area contributed by atoms with E-state index in [9.17, 15) is 4.79 Å². The molecule has 1 aromatic heterocycles. The van der Waals surface area contributed by atoms with Crippen molar-refractivity contribution in [3.63, 3.8) is 0 Å². The van der Waals surface area contributed by atoms with E-state index in [1.807, 2.05) is 32.9 Å². The summed E-state index contributed by atoms with van der Waals surface area (Å²) in [6, 6.07) is 3.80. The molecule has 0 saturated carbocycles. The van der Waals surface area contributed by atoms with Gasteiger partial charge < -0.3 is 9.15 Å². The monoisotopic (exact) mass is 251 g/mol. The fourth-order valence-corrected chi connectivity index (χ4v) is 2.25. The van der Waals surface area contributed by atoms with Crippen molar-refractivity contribution in [2.45, 2.75) is 51.7 Å². The number of carbonyl (C=O) groups excluding carboxylic acids is 1. The minimum atomic E-state index is -0.456. The molecule has 100 valence electrons. The van der Waals surface area contributed by atoms with E-state index in [-0.39, 0.29) is 12.1 Å². The molecule has 0 bridgehead atoms. The van der Waals surface area contributed by atoms with Crippen LogP contribution in [0.2, 0.25) is 0 Å². The zero-order chi connectivity index (χ0) is 13.2. The van der Waals surface area contributed by atoms with Gasteiger partial charge in [-0.05, 0) is 52.2 Å². The van der Waals surface area contributed by atoms with Gasteiger partial charge in [-0.2, -0.15) is 0 Å². The first kappa shape index (κ1) is 13.0. The van der Waals surface area contributed by atoms with Crippen LogP contribution in [-0.4, -0.2) is 23.1 Å². The van der Waals surface area contributed by atoms with Gasteiger partial charge in [-0.3, -0.25) is 4.90 Å². The average molecular weight is 251 g/mol. The Morgan fingerprint density at radius 3 is 2.83 bits per heavy atom. The second kappa shape index (κ2) is 5.04. The zero-order valence-electron chi connectivity index (χ0n) is 11.3. The Kier molecular flexibility index (Phi) is 3.64. The summed E-state index contributed by atoms with van der Waals surface area (Å²) >= 11 is 0. The highest BCUT2D eigenvalue weighted by Gasteiger charge is 2.32. The lowest BCUT2D eigenvalue weighted by Gasteiger charge is -2.35. The average Bonchev–Trinajstić information content (AvgIpc) is 2.80. The van der Waals surface area contributed by atoms with Gasteiger partial charge in [0.15, 0.2) is 0 Å². The van der Waals surface area contributed by atoms with Crippen molar-refractivity contribution in [2.75, 3.05) is 6.54 Å². The third-order valence-electron chi connectivity index (χ3n) is 3.00. The van der Waals surface area contributed by atoms with Crippen LogP contribution in [0.15, 0.2) is 22.8 Å². The Morgan fingerprint density at radius 1 is 1.44 bits per heavy atom. The van der Waals surface area contributed by atoms with Gasteiger partial charge in [-0.25, -0.2) is 4.79 Å². The van der Waals surface area contributed by atoms with Crippen LogP contribution in [-0.2, 0) is 4.74 Å². The fourth-order valence-electron chi connectivity index (χ4n) is 2.25. The highest BCUT2D eigenvalue weighted by Crippen LogP contribution is 2.32. The molecule has 0 N–H and O–H groups in total. The summed E-state index contributed by atoms with van der Waals surface area (Å²) in [4.78, 5) is 14.0. The van der Waals surface area contributed by atoms with E-state index in [2.05, 4.69) is 0 Å². The van der Waals surface area contributed by atoms with Gasteiger partial charge in [-0.1, -0.05) is 0 Å². The lowest BCUT2D eigenvalue weighted by molar-refractivity contribution is 0.00684. The van der Waals surface area contributed by atoms with E-state index in [4.69, 9.17) is 9.15 Å². The molecule has 4 nitrogen and oxygen atoms in total. The molecular formula is C14H21NO3. The van der Waals surface area contributed by atoms with Crippen LogP contribution in [0, 0.1) is 0 Å². The highest BCUT2D eigenvalue weighted by molar-refractivity contribution is 5.68. The minimum absolute atomic E-state index is 0.0172. The van der Waals surface area contributed by atoms with E-state index in [0.717, 1.165) is 31.6 Å². The van der Waals surface area contributed by atoms with Crippen molar-refractivity contribution in [1.29, 1.82) is 0 Å². The molecule has 2 rings (SSSR count). The molecule has 2 heterocycles. The van der Waals surface area contributed by atoms with Crippen LogP contribution in [0.25, 0.3) is 0 Å². The predicted molar refractivity (Wildman–Crippen MR) is 68.2 cm³/mol. The second-order valence-corrected chi connectivity index (χ2v) is 5.70. The van der Waals surface area contributed by atoms with Crippen LogP contribution in [0.5, 0.6) is 0 Å². The molecule has 0 aromatic carbocycles. The molecule has 1 amide bonds. The third-order valence-corrected chi connectivity index (χ3v) is 3.00. The molecule has 1 atom stereocenters. The van der Waals surface area contributed by atoms with E-state index in [0.29, 0.717) is 0 Å². The molecule has 0 radical (unpaired) electrons. The first-order chi connectivity index (χ1) is 8.47. The van der Waals surface area contributed by atoms with Gasteiger partial charge in [0.1, 0.15) is 11.4 Å². The lowest BCUT2D eigenvalue weighted by atomic mass is 10.0. The van der Waals surface area contributed by atoms with Gasteiger partial charge >= 0.3 is 6.09 Å². The van der Waals surface area contributed by atoms with Crippen LogP contribution in [0.1, 0.15) is 51.8 Å². The number of hydrogen-bond acceptors (Lipinski definition) is 3. The van der Waals surface area contributed by atoms with Crippen molar-refractivity contribution in [3.05, 3.63) is 24.2 Å². The van der Waals surface area contributed by atoms with Gasteiger partial charge in [0.2, 0.25) is 0 Å². The number of nitrogens with zero attached hydrogens (tertiary/aromatic N) is 1. The molecule has 1 aliphatic rings. The minimum Gasteiger partial charge on any atom is -0.467 e. The van der Waals surface area contributed by atoms with Gasteiger partial charge in [0.25, 0.3) is 0 Å². The Bertz CT molecular complexity index is 392.